The van der Waals surface area contributed by atoms with Crippen LogP contribution in [-0.4, -0.2) is 10.1 Å². The molecule has 24 heavy (non-hydrogen) atoms. The van der Waals surface area contributed by atoms with Gasteiger partial charge in [-0.15, -0.1) is 11.3 Å². The molecule has 0 spiro atoms. The number of hydrogen-bond acceptors (Lipinski definition) is 5. The fraction of sp³-hybridized carbons (Fsp3) is 0.250. The number of rotatable bonds is 5. The van der Waals surface area contributed by atoms with E-state index in [9.17, 15) is 4.39 Å². The molecule has 0 amide bonds. The molecule has 0 aliphatic carbocycles. The molecule has 1 N–H and O–H groups in total. The molecule has 0 saturated heterocycles. The van der Waals surface area contributed by atoms with Crippen molar-refractivity contribution in [3.05, 3.63) is 56.4 Å². The second kappa shape index (κ2) is 6.92. The number of thiophene rings is 1. The zero-order valence-electron chi connectivity index (χ0n) is 12.9. The molecule has 2 heterocycles. The maximum atomic E-state index is 13.2. The van der Waals surface area contributed by atoms with Crippen LogP contribution in [0.5, 0.6) is 0 Å². The number of nitrogens with one attached hydrogen (secondary N) is 1. The molecule has 2 aromatic heterocycles. The molecule has 0 aliphatic heterocycles. The third-order valence-corrected chi connectivity index (χ3v) is 5.54. The van der Waals surface area contributed by atoms with E-state index in [0.29, 0.717) is 23.3 Å². The quantitative estimate of drug-likeness (QED) is 0.590. The summed E-state index contributed by atoms with van der Waals surface area (Å²) in [5.74, 6) is 0.671. The van der Waals surface area contributed by atoms with Crippen LogP contribution in [0, 0.1) is 5.82 Å². The van der Waals surface area contributed by atoms with Crippen LogP contribution in [0.4, 0.5) is 4.39 Å². The van der Waals surface area contributed by atoms with E-state index in [4.69, 9.17) is 16.1 Å². The van der Waals surface area contributed by atoms with Gasteiger partial charge in [-0.3, -0.25) is 5.32 Å². The number of nitrogens with zero attached hydrogens (tertiary/aromatic N) is 2. The van der Waals surface area contributed by atoms with Crippen molar-refractivity contribution in [2.75, 3.05) is 0 Å². The van der Waals surface area contributed by atoms with Crippen LogP contribution in [-0.2, 0) is 12.1 Å². The summed E-state index contributed by atoms with van der Waals surface area (Å²) in [7, 11) is 0. The highest BCUT2D eigenvalue weighted by Crippen LogP contribution is 2.30. The molecule has 3 aromatic rings. The van der Waals surface area contributed by atoms with E-state index >= 15 is 0 Å². The molecule has 0 bridgehead atoms. The number of benzene rings is 1. The Kier molecular flexibility index (Phi) is 5.05. The van der Waals surface area contributed by atoms with Gasteiger partial charge in [0.2, 0.25) is 11.7 Å². The van der Waals surface area contributed by atoms with Gasteiger partial charge in [-0.1, -0.05) is 22.8 Å². The first-order valence-electron chi connectivity index (χ1n) is 7.13. The Morgan fingerprint density at radius 3 is 2.83 bits per heavy atom. The molecule has 0 atom stereocenters. The van der Waals surface area contributed by atoms with E-state index in [1.807, 2.05) is 25.3 Å². The van der Waals surface area contributed by atoms with Crippen LogP contribution >= 0.6 is 38.9 Å². The Labute approximate surface area is 156 Å². The summed E-state index contributed by atoms with van der Waals surface area (Å²) in [6, 6.07) is 6.31. The van der Waals surface area contributed by atoms with E-state index in [1.54, 1.807) is 6.07 Å². The molecule has 4 nitrogen and oxygen atoms in total. The molecule has 8 heteroatoms. The molecule has 0 saturated carbocycles. The lowest BCUT2D eigenvalue weighted by molar-refractivity contribution is 0.327. The van der Waals surface area contributed by atoms with Crippen molar-refractivity contribution in [2.45, 2.75) is 25.9 Å². The largest absolute Gasteiger partial charge is 0.338 e. The van der Waals surface area contributed by atoms with Gasteiger partial charge in [0.15, 0.2) is 0 Å². The molecular formula is C16H14BrClFN3OS. The van der Waals surface area contributed by atoms with Crippen LogP contribution in [0.3, 0.4) is 0 Å². The highest BCUT2D eigenvalue weighted by Gasteiger charge is 2.24. The predicted molar refractivity (Wildman–Crippen MR) is 96.6 cm³/mol. The topological polar surface area (TPSA) is 51.0 Å². The van der Waals surface area contributed by atoms with Crippen molar-refractivity contribution < 1.29 is 8.91 Å². The SMILES string of the molecule is CC(C)(NCc1nc(-c2cc(Br)cs2)no1)c1ccc(F)cc1Cl. The summed E-state index contributed by atoms with van der Waals surface area (Å²) in [6.45, 7) is 4.29. The van der Waals surface area contributed by atoms with E-state index in [2.05, 4.69) is 31.4 Å². The van der Waals surface area contributed by atoms with Crippen LogP contribution in [0.15, 0.2) is 38.6 Å². The Morgan fingerprint density at radius 1 is 1.38 bits per heavy atom. The molecule has 126 valence electrons. The Bertz CT molecular complexity index is 865. The summed E-state index contributed by atoms with van der Waals surface area (Å²) in [4.78, 5) is 5.31. The molecule has 0 fully saturated rings. The van der Waals surface area contributed by atoms with Gasteiger partial charge in [0.25, 0.3) is 0 Å². The Balaban J connectivity index is 1.72. The first kappa shape index (κ1) is 17.5. The van der Waals surface area contributed by atoms with E-state index < -0.39 is 5.54 Å². The average Bonchev–Trinajstić information content (AvgIpc) is 3.13. The van der Waals surface area contributed by atoms with Crippen LogP contribution in [0.25, 0.3) is 10.7 Å². The third kappa shape index (κ3) is 3.85. The van der Waals surface area contributed by atoms with Crippen molar-refractivity contribution in [1.82, 2.24) is 15.5 Å². The van der Waals surface area contributed by atoms with Gasteiger partial charge in [-0.05, 0) is 53.5 Å². The minimum absolute atomic E-state index is 0.358. The van der Waals surface area contributed by atoms with Crippen molar-refractivity contribution in [3.8, 4) is 10.7 Å². The second-order valence-corrected chi connectivity index (χ2v) is 7.98. The lowest BCUT2D eigenvalue weighted by Gasteiger charge is -2.27. The van der Waals surface area contributed by atoms with Gasteiger partial charge in [0.1, 0.15) is 5.82 Å². The van der Waals surface area contributed by atoms with Gasteiger partial charge in [-0.25, -0.2) is 4.39 Å². The van der Waals surface area contributed by atoms with E-state index in [0.717, 1.165) is 14.9 Å². The third-order valence-electron chi connectivity index (χ3n) is 3.54. The Morgan fingerprint density at radius 2 is 2.17 bits per heavy atom. The van der Waals surface area contributed by atoms with E-state index in [-0.39, 0.29) is 5.82 Å². The fourth-order valence-electron chi connectivity index (χ4n) is 2.25. The average molecular weight is 431 g/mol. The van der Waals surface area contributed by atoms with Crippen molar-refractivity contribution in [1.29, 1.82) is 0 Å². The lowest BCUT2D eigenvalue weighted by Crippen LogP contribution is -2.36. The number of aromatic nitrogens is 2. The lowest BCUT2D eigenvalue weighted by atomic mass is 9.94. The fourth-order valence-corrected chi connectivity index (χ4v) is 4.00. The van der Waals surface area contributed by atoms with Gasteiger partial charge in [-0.2, -0.15) is 4.98 Å². The minimum atomic E-state index is -0.481. The summed E-state index contributed by atoms with van der Waals surface area (Å²) < 4.78 is 19.5. The molecule has 3 rings (SSSR count). The van der Waals surface area contributed by atoms with Crippen molar-refractivity contribution in [3.63, 3.8) is 0 Å². The van der Waals surface area contributed by atoms with E-state index in [1.165, 1.54) is 23.5 Å². The maximum Gasteiger partial charge on any atom is 0.240 e. The number of hydrogen-bond donors (Lipinski definition) is 1. The first-order valence-corrected chi connectivity index (χ1v) is 9.18. The van der Waals surface area contributed by atoms with Gasteiger partial charge < -0.3 is 4.52 Å². The summed E-state index contributed by atoms with van der Waals surface area (Å²) in [5, 5.41) is 9.64. The Hall–Kier alpha value is -1.28. The molecule has 0 radical (unpaired) electrons. The standard InChI is InChI=1S/C16H14BrClFN3OS/c1-16(2,11-4-3-10(19)6-12(11)18)20-7-14-21-15(22-23-14)13-5-9(17)8-24-13/h3-6,8,20H,7H2,1-2H3. The number of halogens is 3. The van der Waals surface area contributed by atoms with Crippen molar-refractivity contribution in [2.24, 2.45) is 0 Å². The van der Waals surface area contributed by atoms with Gasteiger partial charge in [0, 0.05) is 20.4 Å². The van der Waals surface area contributed by atoms with Crippen LogP contribution < -0.4 is 5.32 Å². The van der Waals surface area contributed by atoms with Crippen LogP contribution in [0.1, 0.15) is 25.3 Å². The monoisotopic (exact) mass is 429 g/mol. The minimum Gasteiger partial charge on any atom is -0.338 e. The zero-order chi connectivity index (χ0) is 17.3. The molecule has 0 aliphatic rings. The smallest absolute Gasteiger partial charge is 0.240 e. The highest BCUT2D eigenvalue weighted by molar-refractivity contribution is 9.10. The van der Waals surface area contributed by atoms with Gasteiger partial charge >= 0.3 is 0 Å². The second-order valence-electron chi connectivity index (χ2n) is 5.74. The van der Waals surface area contributed by atoms with Gasteiger partial charge in [0.05, 0.1) is 11.4 Å². The summed E-state index contributed by atoms with van der Waals surface area (Å²) >= 11 is 11.1. The molecule has 1 aromatic carbocycles. The van der Waals surface area contributed by atoms with Crippen molar-refractivity contribution >= 4 is 38.9 Å². The highest BCUT2D eigenvalue weighted by atomic mass is 79.9. The normalized spacial score (nSPS) is 11.9. The zero-order valence-corrected chi connectivity index (χ0v) is 16.1. The predicted octanol–water partition coefficient (Wildman–Crippen LogP) is 5.38. The molecule has 0 unspecified atom stereocenters. The first-order chi connectivity index (χ1) is 11.3. The molecular weight excluding hydrogens is 417 g/mol. The summed E-state index contributed by atoms with van der Waals surface area (Å²) in [6.07, 6.45) is 0. The maximum absolute atomic E-state index is 13.2. The van der Waals surface area contributed by atoms with Crippen LogP contribution in [0.2, 0.25) is 5.02 Å². The summed E-state index contributed by atoms with van der Waals surface area (Å²) in [5.41, 5.74) is 0.318.